The van der Waals surface area contributed by atoms with Crippen molar-refractivity contribution >= 4 is 29.4 Å². The zero-order chi connectivity index (χ0) is 12.3. The Morgan fingerprint density at radius 2 is 2.41 bits per heavy atom. The van der Waals surface area contributed by atoms with E-state index in [1.54, 1.807) is 12.3 Å². The van der Waals surface area contributed by atoms with E-state index in [9.17, 15) is 9.59 Å². The van der Waals surface area contributed by atoms with Crippen LogP contribution < -0.4 is 5.32 Å². The summed E-state index contributed by atoms with van der Waals surface area (Å²) in [5.41, 5.74) is 1.04. The average Bonchev–Trinajstić information content (AvgIpc) is 2.68. The molecule has 2 heterocycles. The van der Waals surface area contributed by atoms with Gasteiger partial charge in [0.2, 0.25) is 11.8 Å². The molecule has 0 saturated carbocycles. The molecule has 1 aliphatic heterocycles. The standard InChI is InChI=1S/C11H13N3O2S/c1-8-2-3-9(12-4-8)13-10(15)5-14-7-17-6-11(14)16/h2-4H,5-7H2,1H3,(H,12,13,15). The van der Waals surface area contributed by atoms with Crippen LogP contribution in [0.1, 0.15) is 5.56 Å². The van der Waals surface area contributed by atoms with Gasteiger partial charge in [-0.1, -0.05) is 6.07 Å². The summed E-state index contributed by atoms with van der Waals surface area (Å²) in [5, 5.41) is 2.66. The minimum atomic E-state index is -0.211. The molecule has 0 aliphatic carbocycles. The Labute approximate surface area is 104 Å². The summed E-state index contributed by atoms with van der Waals surface area (Å²) in [5.74, 6) is 1.38. The topological polar surface area (TPSA) is 62.3 Å². The first-order chi connectivity index (χ1) is 8.15. The van der Waals surface area contributed by atoms with Crippen molar-refractivity contribution in [3.8, 4) is 0 Å². The number of amides is 2. The van der Waals surface area contributed by atoms with Gasteiger partial charge in [-0.3, -0.25) is 9.59 Å². The van der Waals surface area contributed by atoms with E-state index in [0.29, 0.717) is 17.4 Å². The maximum Gasteiger partial charge on any atom is 0.245 e. The van der Waals surface area contributed by atoms with Gasteiger partial charge in [-0.2, -0.15) is 0 Å². The molecule has 6 heteroatoms. The van der Waals surface area contributed by atoms with E-state index in [1.165, 1.54) is 16.7 Å². The Morgan fingerprint density at radius 3 is 3.00 bits per heavy atom. The van der Waals surface area contributed by atoms with Crippen LogP contribution in [0.25, 0.3) is 0 Å². The van der Waals surface area contributed by atoms with E-state index >= 15 is 0 Å². The Morgan fingerprint density at radius 1 is 1.59 bits per heavy atom. The molecule has 0 spiro atoms. The van der Waals surface area contributed by atoms with Gasteiger partial charge in [-0.25, -0.2) is 4.98 Å². The summed E-state index contributed by atoms with van der Waals surface area (Å²) >= 11 is 1.52. The molecule has 0 atom stereocenters. The van der Waals surface area contributed by atoms with Crippen molar-refractivity contribution in [3.05, 3.63) is 23.9 Å². The third-order valence-electron chi connectivity index (χ3n) is 2.34. The Kier molecular flexibility index (Phi) is 3.63. The van der Waals surface area contributed by atoms with Gasteiger partial charge in [-0.05, 0) is 18.6 Å². The van der Waals surface area contributed by atoms with E-state index in [0.717, 1.165) is 5.56 Å². The van der Waals surface area contributed by atoms with Crippen LogP contribution in [-0.2, 0) is 9.59 Å². The summed E-state index contributed by atoms with van der Waals surface area (Å²) in [6, 6.07) is 3.62. The number of anilines is 1. The molecule has 1 aromatic rings. The molecule has 90 valence electrons. The van der Waals surface area contributed by atoms with Crippen LogP contribution in [0.3, 0.4) is 0 Å². The van der Waals surface area contributed by atoms with E-state index in [-0.39, 0.29) is 18.4 Å². The molecule has 2 rings (SSSR count). The lowest BCUT2D eigenvalue weighted by Crippen LogP contribution is -2.34. The molecule has 5 nitrogen and oxygen atoms in total. The van der Waals surface area contributed by atoms with E-state index in [1.807, 2.05) is 13.0 Å². The molecule has 0 radical (unpaired) electrons. The molecule has 1 aliphatic rings. The van der Waals surface area contributed by atoms with Crippen molar-refractivity contribution in [2.24, 2.45) is 0 Å². The van der Waals surface area contributed by atoms with Crippen LogP contribution in [0.15, 0.2) is 18.3 Å². The predicted molar refractivity (Wildman–Crippen MR) is 66.6 cm³/mol. The highest BCUT2D eigenvalue weighted by Crippen LogP contribution is 2.14. The summed E-state index contributed by atoms with van der Waals surface area (Å²) in [6.45, 7) is 2.03. The third kappa shape index (κ3) is 3.20. The van der Waals surface area contributed by atoms with Gasteiger partial charge in [0.1, 0.15) is 12.4 Å². The van der Waals surface area contributed by atoms with Crippen molar-refractivity contribution < 1.29 is 9.59 Å². The minimum absolute atomic E-state index is 0.0158. The Bertz CT molecular complexity index is 433. The van der Waals surface area contributed by atoms with Crippen molar-refractivity contribution in [1.82, 2.24) is 9.88 Å². The number of nitrogens with one attached hydrogen (secondary N) is 1. The van der Waals surface area contributed by atoms with Gasteiger partial charge in [0.05, 0.1) is 11.6 Å². The fourth-order valence-electron chi connectivity index (χ4n) is 1.44. The largest absolute Gasteiger partial charge is 0.323 e. The van der Waals surface area contributed by atoms with Gasteiger partial charge in [-0.15, -0.1) is 11.8 Å². The fourth-order valence-corrected chi connectivity index (χ4v) is 2.34. The van der Waals surface area contributed by atoms with Gasteiger partial charge in [0.15, 0.2) is 0 Å². The van der Waals surface area contributed by atoms with Gasteiger partial charge in [0.25, 0.3) is 0 Å². The first kappa shape index (κ1) is 11.9. The molecule has 1 fully saturated rings. The molecule has 1 saturated heterocycles. The number of hydrogen-bond acceptors (Lipinski definition) is 4. The third-order valence-corrected chi connectivity index (χ3v) is 3.28. The first-order valence-electron chi connectivity index (χ1n) is 5.23. The number of hydrogen-bond donors (Lipinski definition) is 1. The lowest BCUT2D eigenvalue weighted by molar-refractivity contribution is -0.130. The molecule has 1 N–H and O–H groups in total. The number of pyridine rings is 1. The first-order valence-corrected chi connectivity index (χ1v) is 6.38. The summed E-state index contributed by atoms with van der Waals surface area (Å²) < 4.78 is 0. The number of nitrogens with zero attached hydrogens (tertiary/aromatic N) is 2. The Hall–Kier alpha value is -1.56. The summed E-state index contributed by atoms with van der Waals surface area (Å²) in [4.78, 5) is 28.6. The Balaban J connectivity index is 1.88. The quantitative estimate of drug-likeness (QED) is 0.865. The van der Waals surface area contributed by atoms with Crippen LogP contribution in [-0.4, -0.2) is 39.9 Å². The zero-order valence-electron chi connectivity index (χ0n) is 9.47. The second kappa shape index (κ2) is 5.18. The maximum atomic E-state index is 11.6. The number of aryl methyl sites for hydroxylation is 1. The number of carbonyl (C=O) groups excluding carboxylic acids is 2. The van der Waals surface area contributed by atoms with Crippen LogP contribution in [0, 0.1) is 6.92 Å². The normalized spacial score (nSPS) is 15.1. The highest BCUT2D eigenvalue weighted by molar-refractivity contribution is 8.00. The molecular formula is C11H13N3O2S. The second-order valence-corrected chi connectivity index (χ2v) is 4.79. The highest BCUT2D eigenvalue weighted by atomic mass is 32.2. The number of aromatic nitrogens is 1. The fraction of sp³-hybridized carbons (Fsp3) is 0.364. The lowest BCUT2D eigenvalue weighted by Gasteiger charge is -2.13. The molecule has 0 bridgehead atoms. The van der Waals surface area contributed by atoms with Crippen LogP contribution in [0.5, 0.6) is 0 Å². The monoisotopic (exact) mass is 251 g/mol. The number of rotatable bonds is 3. The maximum absolute atomic E-state index is 11.6. The van der Waals surface area contributed by atoms with E-state index < -0.39 is 0 Å². The summed E-state index contributed by atoms with van der Waals surface area (Å²) in [7, 11) is 0. The summed E-state index contributed by atoms with van der Waals surface area (Å²) in [6.07, 6.45) is 1.69. The average molecular weight is 251 g/mol. The molecule has 2 amide bonds. The molecular weight excluding hydrogens is 238 g/mol. The van der Waals surface area contributed by atoms with Crippen molar-refractivity contribution in [2.45, 2.75) is 6.92 Å². The zero-order valence-corrected chi connectivity index (χ0v) is 10.3. The highest BCUT2D eigenvalue weighted by Gasteiger charge is 2.22. The van der Waals surface area contributed by atoms with Crippen LogP contribution in [0.4, 0.5) is 5.82 Å². The predicted octanol–water partition coefficient (Wildman–Crippen LogP) is 0.861. The smallest absolute Gasteiger partial charge is 0.245 e. The minimum Gasteiger partial charge on any atom is -0.323 e. The van der Waals surface area contributed by atoms with Gasteiger partial charge >= 0.3 is 0 Å². The number of thioether (sulfide) groups is 1. The van der Waals surface area contributed by atoms with Crippen LogP contribution >= 0.6 is 11.8 Å². The molecule has 0 unspecified atom stereocenters. The van der Waals surface area contributed by atoms with E-state index in [4.69, 9.17) is 0 Å². The van der Waals surface area contributed by atoms with Crippen molar-refractivity contribution in [2.75, 3.05) is 23.5 Å². The lowest BCUT2D eigenvalue weighted by atomic mass is 10.3. The van der Waals surface area contributed by atoms with Crippen molar-refractivity contribution in [1.29, 1.82) is 0 Å². The number of carbonyl (C=O) groups is 2. The molecule has 1 aromatic heterocycles. The van der Waals surface area contributed by atoms with Gasteiger partial charge < -0.3 is 10.2 Å². The molecule has 17 heavy (non-hydrogen) atoms. The van der Waals surface area contributed by atoms with Crippen molar-refractivity contribution in [3.63, 3.8) is 0 Å². The van der Waals surface area contributed by atoms with E-state index in [2.05, 4.69) is 10.3 Å². The van der Waals surface area contributed by atoms with Gasteiger partial charge in [0, 0.05) is 6.20 Å². The SMILES string of the molecule is Cc1ccc(NC(=O)CN2CSCC2=O)nc1. The molecule has 0 aromatic carbocycles. The van der Waals surface area contributed by atoms with Crippen LogP contribution in [0.2, 0.25) is 0 Å². The second-order valence-electron chi connectivity index (χ2n) is 3.84.